The number of nitrogens with zero attached hydrogens (tertiary/aromatic N) is 5. The van der Waals surface area contributed by atoms with Crippen LogP contribution in [0.15, 0.2) is 22.7 Å². The number of methoxy groups -OCH3 is 1. The first-order valence-electron chi connectivity index (χ1n) is 10.9. The van der Waals surface area contributed by atoms with Gasteiger partial charge in [-0.15, -0.1) is 0 Å². The molecule has 1 aromatic carbocycles. The first-order chi connectivity index (χ1) is 15.8. The highest BCUT2D eigenvalue weighted by molar-refractivity contribution is 6.13. The third-order valence-electron chi connectivity index (χ3n) is 5.78. The lowest BCUT2D eigenvalue weighted by atomic mass is 10.0. The fourth-order valence-electron chi connectivity index (χ4n) is 4.38. The van der Waals surface area contributed by atoms with Crippen molar-refractivity contribution < 1.29 is 9.26 Å². The lowest BCUT2D eigenvalue weighted by Gasteiger charge is -2.13. The van der Waals surface area contributed by atoms with Gasteiger partial charge in [0.1, 0.15) is 34.6 Å². The van der Waals surface area contributed by atoms with Gasteiger partial charge in [-0.2, -0.15) is 5.10 Å². The summed E-state index contributed by atoms with van der Waals surface area (Å²) >= 11 is 0. The zero-order chi connectivity index (χ0) is 23.4. The summed E-state index contributed by atoms with van der Waals surface area (Å²) in [5.41, 5.74) is 5.29. The smallest absolute Gasteiger partial charge is 0.145 e. The Morgan fingerprint density at radius 2 is 1.88 bits per heavy atom. The molecule has 0 saturated heterocycles. The van der Waals surface area contributed by atoms with Crippen LogP contribution in [0.5, 0.6) is 5.75 Å². The van der Waals surface area contributed by atoms with Gasteiger partial charge in [0.15, 0.2) is 0 Å². The second kappa shape index (κ2) is 7.61. The van der Waals surface area contributed by atoms with E-state index in [0.29, 0.717) is 5.82 Å². The molecule has 0 spiro atoms. The Hall–Kier alpha value is -3.88. The average molecular weight is 446 g/mol. The molecule has 0 bridgehead atoms. The van der Waals surface area contributed by atoms with Crippen molar-refractivity contribution in [3.63, 3.8) is 0 Å². The van der Waals surface area contributed by atoms with E-state index in [9.17, 15) is 0 Å². The van der Waals surface area contributed by atoms with Crippen LogP contribution in [-0.2, 0) is 0 Å². The summed E-state index contributed by atoms with van der Waals surface area (Å²) in [6.45, 7) is 11.9. The second-order valence-corrected chi connectivity index (χ2v) is 8.60. The third-order valence-corrected chi connectivity index (χ3v) is 5.78. The molecule has 4 aromatic heterocycles. The van der Waals surface area contributed by atoms with E-state index in [1.54, 1.807) is 7.11 Å². The number of rotatable bonds is 5. The van der Waals surface area contributed by atoms with Gasteiger partial charge >= 0.3 is 0 Å². The van der Waals surface area contributed by atoms with Crippen LogP contribution >= 0.6 is 0 Å². The Morgan fingerprint density at radius 1 is 1.09 bits per heavy atom. The number of aromatic amines is 1. The van der Waals surface area contributed by atoms with Crippen molar-refractivity contribution in [3.8, 4) is 16.9 Å². The monoisotopic (exact) mass is 445 g/mol. The molecule has 33 heavy (non-hydrogen) atoms. The molecule has 0 amide bonds. The van der Waals surface area contributed by atoms with Crippen LogP contribution in [0.2, 0.25) is 0 Å². The molecule has 0 radical (unpaired) electrons. The molecule has 0 fully saturated rings. The molecule has 5 aromatic rings. The van der Waals surface area contributed by atoms with Crippen LogP contribution in [-0.4, -0.2) is 37.0 Å². The quantitative estimate of drug-likeness (QED) is 0.366. The number of nitrogens with one attached hydrogen (secondary N) is 2. The van der Waals surface area contributed by atoms with Crippen LogP contribution in [0.25, 0.3) is 33.1 Å². The zero-order valence-corrected chi connectivity index (χ0v) is 19.9. The normalized spacial score (nSPS) is 11.8. The van der Waals surface area contributed by atoms with Gasteiger partial charge in [-0.3, -0.25) is 0 Å². The fraction of sp³-hybridized carbons (Fsp3) is 0.333. The summed E-state index contributed by atoms with van der Waals surface area (Å²) in [5.74, 6) is 3.75. The predicted octanol–water partition coefficient (Wildman–Crippen LogP) is 5.53. The number of hydrogen-bond donors (Lipinski definition) is 2. The third kappa shape index (κ3) is 3.40. The van der Waals surface area contributed by atoms with Crippen molar-refractivity contribution in [2.24, 2.45) is 0 Å². The standard InChI is InChI=1S/C24H27N7O2/c1-11(2)31-20(8-12(3)29-31)28-24-22-16-10-19(32-7)17(21-13(4)30-33-14(21)5)9-18(16)27-23(22)25-15(6)26-24/h8-11H,1-7H3,(H2,25,26,27,28). The largest absolute Gasteiger partial charge is 0.496 e. The lowest BCUT2D eigenvalue weighted by molar-refractivity contribution is 0.393. The number of ether oxygens (including phenoxy) is 1. The fourth-order valence-corrected chi connectivity index (χ4v) is 4.38. The summed E-state index contributed by atoms with van der Waals surface area (Å²) < 4.78 is 13.1. The molecule has 5 rings (SSSR count). The van der Waals surface area contributed by atoms with Crippen molar-refractivity contribution in [2.75, 3.05) is 12.4 Å². The molecule has 0 saturated carbocycles. The summed E-state index contributed by atoms with van der Waals surface area (Å²) in [6.07, 6.45) is 0. The molecule has 9 heteroatoms. The van der Waals surface area contributed by atoms with Gasteiger partial charge in [0.05, 0.1) is 29.4 Å². The Kier molecular flexibility index (Phi) is 4.84. The molecule has 0 atom stereocenters. The number of aryl methyl sites for hydroxylation is 4. The first-order valence-corrected chi connectivity index (χ1v) is 10.9. The van der Waals surface area contributed by atoms with Gasteiger partial charge < -0.3 is 19.6 Å². The highest BCUT2D eigenvalue weighted by Crippen LogP contribution is 2.41. The number of hydrogen-bond acceptors (Lipinski definition) is 7. The highest BCUT2D eigenvalue weighted by atomic mass is 16.5. The molecule has 0 unspecified atom stereocenters. The molecule has 0 aliphatic rings. The SMILES string of the molecule is COc1cc2c(cc1-c1c(C)noc1C)[nH]c1nc(C)nc(Nc3cc(C)nn3C(C)C)c12. The molecule has 9 nitrogen and oxygen atoms in total. The van der Waals surface area contributed by atoms with Crippen molar-refractivity contribution in [1.29, 1.82) is 0 Å². The molecular formula is C24H27N7O2. The van der Waals surface area contributed by atoms with Crippen LogP contribution < -0.4 is 10.1 Å². The average Bonchev–Trinajstić information content (AvgIpc) is 3.40. The molecule has 4 heterocycles. The van der Waals surface area contributed by atoms with Crippen LogP contribution in [0.3, 0.4) is 0 Å². The maximum absolute atomic E-state index is 5.78. The highest BCUT2D eigenvalue weighted by Gasteiger charge is 2.21. The van der Waals surface area contributed by atoms with Crippen LogP contribution in [0.1, 0.15) is 42.9 Å². The zero-order valence-electron chi connectivity index (χ0n) is 19.9. The Balaban J connectivity index is 1.75. The summed E-state index contributed by atoms with van der Waals surface area (Å²) in [7, 11) is 1.67. The van der Waals surface area contributed by atoms with E-state index in [1.807, 2.05) is 44.5 Å². The van der Waals surface area contributed by atoms with E-state index < -0.39 is 0 Å². The lowest BCUT2D eigenvalue weighted by Crippen LogP contribution is -2.08. The maximum atomic E-state index is 5.78. The Morgan fingerprint density at radius 3 is 2.55 bits per heavy atom. The predicted molar refractivity (Wildman–Crippen MR) is 128 cm³/mol. The molecule has 0 aliphatic heterocycles. The molecule has 170 valence electrons. The van der Waals surface area contributed by atoms with Gasteiger partial charge in [-0.05, 0) is 53.7 Å². The van der Waals surface area contributed by atoms with Crippen molar-refractivity contribution in [1.82, 2.24) is 29.9 Å². The van der Waals surface area contributed by atoms with Crippen molar-refractivity contribution >= 4 is 33.6 Å². The first kappa shape index (κ1) is 21.0. The summed E-state index contributed by atoms with van der Waals surface area (Å²) in [4.78, 5) is 12.9. The van der Waals surface area contributed by atoms with E-state index in [4.69, 9.17) is 14.2 Å². The molecular weight excluding hydrogens is 418 g/mol. The van der Waals surface area contributed by atoms with Crippen molar-refractivity contribution in [2.45, 2.75) is 47.6 Å². The van der Waals surface area contributed by atoms with Crippen LogP contribution in [0, 0.1) is 27.7 Å². The number of fused-ring (bicyclic) bond motifs is 3. The molecule has 2 N–H and O–H groups in total. The minimum absolute atomic E-state index is 0.209. The van der Waals surface area contributed by atoms with E-state index >= 15 is 0 Å². The second-order valence-electron chi connectivity index (χ2n) is 8.60. The summed E-state index contributed by atoms with van der Waals surface area (Å²) in [6, 6.07) is 6.31. The van der Waals surface area contributed by atoms with E-state index in [0.717, 1.165) is 67.6 Å². The van der Waals surface area contributed by atoms with E-state index in [1.165, 1.54) is 0 Å². The van der Waals surface area contributed by atoms with Gasteiger partial charge in [0, 0.05) is 28.6 Å². The minimum atomic E-state index is 0.209. The summed E-state index contributed by atoms with van der Waals surface area (Å²) in [5, 5.41) is 14.1. The van der Waals surface area contributed by atoms with Gasteiger partial charge in [0.25, 0.3) is 0 Å². The van der Waals surface area contributed by atoms with Gasteiger partial charge in [-0.25, -0.2) is 14.6 Å². The maximum Gasteiger partial charge on any atom is 0.145 e. The Bertz CT molecular complexity index is 1490. The number of benzene rings is 1. The topological polar surface area (TPSA) is 107 Å². The van der Waals surface area contributed by atoms with Gasteiger partial charge in [0.2, 0.25) is 0 Å². The van der Waals surface area contributed by atoms with Gasteiger partial charge in [-0.1, -0.05) is 5.16 Å². The van der Waals surface area contributed by atoms with Crippen LogP contribution in [0.4, 0.5) is 11.6 Å². The van der Waals surface area contributed by atoms with Crippen molar-refractivity contribution in [3.05, 3.63) is 41.2 Å². The number of anilines is 2. The van der Waals surface area contributed by atoms with E-state index in [-0.39, 0.29) is 6.04 Å². The molecule has 0 aliphatic carbocycles. The van der Waals surface area contributed by atoms with E-state index in [2.05, 4.69) is 45.5 Å². The number of aromatic nitrogens is 6. The Labute approximate surface area is 191 Å². The number of H-pyrrole nitrogens is 1. The minimum Gasteiger partial charge on any atom is -0.496 e.